The van der Waals surface area contributed by atoms with E-state index in [-0.39, 0.29) is 18.2 Å². The van der Waals surface area contributed by atoms with E-state index in [0.717, 1.165) is 50.7 Å². The van der Waals surface area contributed by atoms with Crippen LogP contribution in [0, 0.1) is 0 Å². The SMILES string of the molecule is O=C(Cc1ccc(N2CCCC2=O)cc1)Nc1ccccc1-c1nc2ccccc2s1. The summed E-state index contributed by atoms with van der Waals surface area (Å²) in [6.45, 7) is 0.765. The summed E-state index contributed by atoms with van der Waals surface area (Å²) in [5.41, 5.74) is 4.43. The van der Waals surface area contributed by atoms with Crippen LogP contribution in [0.15, 0.2) is 72.8 Å². The largest absolute Gasteiger partial charge is 0.325 e. The van der Waals surface area contributed by atoms with Crippen LogP contribution >= 0.6 is 11.3 Å². The smallest absolute Gasteiger partial charge is 0.228 e. The predicted octanol–water partition coefficient (Wildman–Crippen LogP) is 5.27. The van der Waals surface area contributed by atoms with Gasteiger partial charge in [0.05, 0.1) is 22.3 Å². The average molecular weight is 428 g/mol. The van der Waals surface area contributed by atoms with Gasteiger partial charge in [0.25, 0.3) is 0 Å². The van der Waals surface area contributed by atoms with Crippen LogP contribution < -0.4 is 10.2 Å². The summed E-state index contributed by atoms with van der Waals surface area (Å²) < 4.78 is 1.12. The standard InChI is InChI=1S/C25H21N3O2S/c29-23(16-17-11-13-18(14-12-17)28-15-5-10-24(28)30)26-20-7-2-1-6-19(20)25-27-21-8-3-4-9-22(21)31-25/h1-4,6-9,11-14H,5,10,15-16H2,(H,26,29). The number of benzene rings is 3. The fourth-order valence-electron chi connectivity index (χ4n) is 3.86. The van der Waals surface area contributed by atoms with Crippen LogP contribution in [0.25, 0.3) is 20.8 Å². The van der Waals surface area contributed by atoms with Crippen molar-refractivity contribution in [3.63, 3.8) is 0 Å². The minimum absolute atomic E-state index is 0.0847. The van der Waals surface area contributed by atoms with Crippen LogP contribution in [-0.2, 0) is 16.0 Å². The molecule has 0 radical (unpaired) electrons. The molecule has 1 aliphatic heterocycles. The molecule has 1 N–H and O–H groups in total. The van der Waals surface area contributed by atoms with E-state index in [1.165, 1.54) is 0 Å². The van der Waals surface area contributed by atoms with Gasteiger partial charge in [0, 0.05) is 24.2 Å². The van der Waals surface area contributed by atoms with Gasteiger partial charge in [0.2, 0.25) is 11.8 Å². The molecule has 3 aromatic carbocycles. The van der Waals surface area contributed by atoms with Gasteiger partial charge in [0.15, 0.2) is 0 Å². The summed E-state index contributed by atoms with van der Waals surface area (Å²) in [5, 5.41) is 3.93. The number of amides is 2. The van der Waals surface area contributed by atoms with Crippen LogP contribution in [-0.4, -0.2) is 23.3 Å². The topological polar surface area (TPSA) is 62.3 Å². The molecule has 2 heterocycles. The highest BCUT2D eigenvalue weighted by Crippen LogP contribution is 2.34. The van der Waals surface area contributed by atoms with Crippen molar-refractivity contribution in [3.05, 3.63) is 78.4 Å². The van der Waals surface area contributed by atoms with Crippen molar-refractivity contribution in [2.45, 2.75) is 19.3 Å². The van der Waals surface area contributed by atoms with Gasteiger partial charge in [-0.3, -0.25) is 9.59 Å². The van der Waals surface area contributed by atoms with E-state index >= 15 is 0 Å². The fraction of sp³-hybridized carbons (Fsp3) is 0.160. The van der Waals surface area contributed by atoms with Crippen molar-refractivity contribution in [1.82, 2.24) is 4.98 Å². The molecule has 4 aromatic rings. The van der Waals surface area contributed by atoms with Crippen molar-refractivity contribution in [2.24, 2.45) is 0 Å². The van der Waals surface area contributed by atoms with E-state index < -0.39 is 0 Å². The van der Waals surface area contributed by atoms with E-state index in [2.05, 4.69) is 11.4 Å². The normalized spacial score (nSPS) is 13.7. The molecule has 0 spiro atoms. The number of hydrogen-bond acceptors (Lipinski definition) is 4. The fourth-order valence-corrected chi connectivity index (χ4v) is 4.87. The van der Waals surface area contributed by atoms with Gasteiger partial charge in [-0.05, 0) is 48.4 Å². The number of carbonyl (C=O) groups excluding carboxylic acids is 2. The third kappa shape index (κ3) is 4.07. The average Bonchev–Trinajstić information content (AvgIpc) is 3.40. The number of fused-ring (bicyclic) bond motifs is 1. The summed E-state index contributed by atoms with van der Waals surface area (Å²) in [6, 6.07) is 23.4. The van der Waals surface area contributed by atoms with Crippen molar-refractivity contribution < 1.29 is 9.59 Å². The Balaban J connectivity index is 1.31. The Morgan fingerprint density at radius 3 is 2.55 bits per heavy atom. The summed E-state index contributed by atoms with van der Waals surface area (Å²) in [6.07, 6.45) is 1.78. The zero-order chi connectivity index (χ0) is 21.2. The molecule has 0 bridgehead atoms. The van der Waals surface area contributed by atoms with Gasteiger partial charge < -0.3 is 10.2 Å². The van der Waals surface area contributed by atoms with Crippen LogP contribution in [0.2, 0.25) is 0 Å². The Kier molecular flexibility index (Phi) is 5.22. The molecular weight excluding hydrogens is 406 g/mol. The molecule has 0 saturated carbocycles. The lowest BCUT2D eigenvalue weighted by Crippen LogP contribution is -2.23. The highest BCUT2D eigenvalue weighted by atomic mass is 32.1. The van der Waals surface area contributed by atoms with Gasteiger partial charge in [-0.15, -0.1) is 11.3 Å². The van der Waals surface area contributed by atoms with E-state index in [0.29, 0.717) is 6.42 Å². The van der Waals surface area contributed by atoms with E-state index in [1.807, 2.05) is 66.7 Å². The second-order valence-corrected chi connectivity index (χ2v) is 8.60. The zero-order valence-electron chi connectivity index (χ0n) is 16.9. The molecule has 6 heteroatoms. The van der Waals surface area contributed by atoms with Crippen LogP contribution in [0.3, 0.4) is 0 Å². The Labute approximate surface area is 184 Å². The first-order valence-electron chi connectivity index (χ1n) is 10.3. The molecule has 2 amide bonds. The molecule has 0 aliphatic carbocycles. The molecule has 154 valence electrons. The molecule has 5 rings (SSSR count). The molecule has 1 aliphatic rings. The first kappa shape index (κ1) is 19.5. The quantitative estimate of drug-likeness (QED) is 0.472. The Morgan fingerprint density at radius 1 is 1.00 bits per heavy atom. The lowest BCUT2D eigenvalue weighted by molar-refractivity contribution is -0.117. The lowest BCUT2D eigenvalue weighted by atomic mass is 10.1. The number of rotatable bonds is 5. The summed E-state index contributed by atoms with van der Waals surface area (Å²) in [5.74, 6) is 0.0792. The van der Waals surface area contributed by atoms with Crippen LogP contribution in [0.4, 0.5) is 11.4 Å². The minimum Gasteiger partial charge on any atom is -0.325 e. The monoisotopic (exact) mass is 427 g/mol. The summed E-state index contributed by atoms with van der Waals surface area (Å²) in [7, 11) is 0. The third-order valence-electron chi connectivity index (χ3n) is 5.41. The van der Waals surface area contributed by atoms with Crippen molar-refractivity contribution >= 4 is 44.7 Å². The Morgan fingerprint density at radius 2 is 1.77 bits per heavy atom. The summed E-state index contributed by atoms with van der Waals surface area (Å²) in [4.78, 5) is 31.2. The molecule has 1 fully saturated rings. The lowest BCUT2D eigenvalue weighted by Gasteiger charge is -2.16. The van der Waals surface area contributed by atoms with E-state index in [9.17, 15) is 9.59 Å². The number of aromatic nitrogens is 1. The second-order valence-electron chi connectivity index (χ2n) is 7.57. The molecule has 1 saturated heterocycles. The number of anilines is 2. The molecular formula is C25H21N3O2S. The molecule has 1 aromatic heterocycles. The maximum absolute atomic E-state index is 12.7. The van der Waals surface area contributed by atoms with Gasteiger partial charge >= 0.3 is 0 Å². The molecule has 31 heavy (non-hydrogen) atoms. The molecule has 5 nitrogen and oxygen atoms in total. The highest BCUT2D eigenvalue weighted by Gasteiger charge is 2.21. The van der Waals surface area contributed by atoms with Crippen LogP contribution in [0.1, 0.15) is 18.4 Å². The zero-order valence-corrected chi connectivity index (χ0v) is 17.7. The predicted molar refractivity (Wildman–Crippen MR) is 125 cm³/mol. The Hall–Kier alpha value is -3.51. The maximum Gasteiger partial charge on any atom is 0.228 e. The van der Waals surface area contributed by atoms with E-state index in [1.54, 1.807) is 16.2 Å². The van der Waals surface area contributed by atoms with Gasteiger partial charge in [-0.25, -0.2) is 4.98 Å². The second kappa shape index (κ2) is 8.32. The first-order chi connectivity index (χ1) is 15.2. The summed E-state index contributed by atoms with van der Waals surface area (Å²) >= 11 is 1.61. The number of carbonyl (C=O) groups is 2. The first-order valence-corrected chi connectivity index (χ1v) is 11.1. The van der Waals surface area contributed by atoms with Crippen molar-refractivity contribution in [1.29, 1.82) is 0 Å². The number of thiazole rings is 1. The van der Waals surface area contributed by atoms with Gasteiger partial charge in [-0.1, -0.05) is 36.4 Å². The number of para-hydroxylation sites is 2. The number of nitrogens with one attached hydrogen (secondary N) is 1. The third-order valence-corrected chi connectivity index (χ3v) is 6.48. The van der Waals surface area contributed by atoms with Crippen LogP contribution in [0.5, 0.6) is 0 Å². The number of hydrogen-bond donors (Lipinski definition) is 1. The molecule has 0 atom stereocenters. The Bertz CT molecular complexity index is 1230. The number of nitrogens with zero attached hydrogens (tertiary/aromatic N) is 2. The molecule has 0 unspecified atom stereocenters. The minimum atomic E-state index is -0.0847. The van der Waals surface area contributed by atoms with Crippen molar-refractivity contribution in [3.8, 4) is 10.6 Å². The van der Waals surface area contributed by atoms with Crippen molar-refractivity contribution in [2.75, 3.05) is 16.8 Å². The van der Waals surface area contributed by atoms with Gasteiger partial charge in [0.1, 0.15) is 5.01 Å². The van der Waals surface area contributed by atoms with E-state index in [4.69, 9.17) is 4.98 Å². The maximum atomic E-state index is 12.7. The highest BCUT2D eigenvalue weighted by molar-refractivity contribution is 7.21. The van der Waals surface area contributed by atoms with Gasteiger partial charge in [-0.2, -0.15) is 0 Å².